The molecule has 0 fully saturated rings. The molecule has 0 radical (unpaired) electrons. The van der Waals surface area contributed by atoms with Gasteiger partial charge in [0.25, 0.3) is 0 Å². The van der Waals surface area contributed by atoms with E-state index in [1.54, 1.807) is 0 Å². The molecule has 14 heavy (non-hydrogen) atoms. The van der Waals surface area contributed by atoms with E-state index in [4.69, 9.17) is 5.73 Å². The standard InChI is InChI=1S/C13H21N/c1-10(13(2,3)4)12-7-5-11(9-14)6-8-12/h5-8,10H,9,14H2,1-4H3. The molecule has 0 spiro atoms. The first kappa shape index (κ1) is 11.3. The lowest BCUT2D eigenvalue weighted by Crippen LogP contribution is -2.15. The van der Waals surface area contributed by atoms with Gasteiger partial charge in [-0.3, -0.25) is 0 Å². The van der Waals surface area contributed by atoms with Gasteiger partial charge in [0, 0.05) is 6.54 Å². The summed E-state index contributed by atoms with van der Waals surface area (Å²) in [6, 6.07) is 8.63. The Morgan fingerprint density at radius 1 is 1.14 bits per heavy atom. The van der Waals surface area contributed by atoms with Crippen molar-refractivity contribution in [3.8, 4) is 0 Å². The number of rotatable bonds is 2. The largest absolute Gasteiger partial charge is 0.326 e. The molecule has 1 aromatic carbocycles. The molecule has 78 valence electrons. The third-order valence-corrected chi connectivity index (χ3v) is 3.01. The van der Waals surface area contributed by atoms with Crippen molar-refractivity contribution in [3.05, 3.63) is 35.4 Å². The second-order valence-electron chi connectivity index (χ2n) is 5.03. The third-order valence-electron chi connectivity index (χ3n) is 3.01. The summed E-state index contributed by atoms with van der Waals surface area (Å²) in [7, 11) is 0. The number of hydrogen-bond acceptors (Lipinski definition) is 1. The van der Waals surface area contributed by atoms with E-state index >= 15 is 0 Å². The minimum atomic E-state index is 0.324. The Kier molecular flexibility index (Phi) is 3.33. The van der Waals surface area contributed by atoms with Gasteiger partial charge in [-0.25, -0.2) is 0 Å². The summed E-state index contributed by atoms with van der Waals surface area (Å²) < 4.78 is 0. The molecule has 1 unspecified atom stereocenters. The fourth-order valence-corrected chi connectivity index (χ4v) is 1.44. The maximum atomic E-state index is 5.56. The molecule has 0 saturated carbocycles. The molecule has 1 atom stereocenters. The van der Waals surface area contributed by atoms with Crippen LogP contribution in [-0.2, 0) is 6.54 Å². The van der Waals surface area contributed by atoms with E-state index in [1.807, 2.05) is 0 Å². The normalized spacial score (nSPS) is 14.1. The molecule has 0 heterocycles. The molecule has 1 aromatic rings. The summed E-state index contributed by atoms with van der Waals surface area (Å²) >= 11 is 0. The van der Waals surface area contributed by atoms with Crippen LogP contribution in [0.25, 0.3) is 0 Å². The van der Waals surface area contributed by atoms with Gasteiger partial charge in [-0.1, -0.05) is 52.0 Å². The highest BCUT2D eigenvalue weighted by Gasteiger charge is 2.21. The second-order valence-corrected chi connectivity index (χ2v) is 5.03. The number of nitrogens with two attached hydrogens (primary N) is 1. The van der Waals surface area contributed by atoms with Crippen LogP contribution in [0.1, 0.15) is 44.7 Å². The number of benzene rings is 1. The average Bonchev–Trinajstić information content (AvgIpc) is 2.15. The Morgan fingerprint density at radius 3 is 2.00 bits per heavy atom. The smallest absolute Gasteiger partial charge is 0.0178 e. The lowest BCUT2D eigenvalue weighted by Gasteiger charge is -2.27. The summed E-state index contributed by atoms with van der Waals surface area (Å²) in [6.07, 6.45) is 0. The van der Waals surface area contributed by atoms with Crippen LogP contribution in [0.5, 0.6) is 0 Å². The van der Waals surface area contributed by atoms with E-state index < -0.39 is 0 Å². The topological polar surface area (TPSA) is 26.0 Å². The lowest BCUT2D eigenvalue weighted by atomic mass is 9.78. The van der Waals surface area contributed by atoms with E-state index in [9.17, 15) is 0 Å². The van der Waals surface area contributed by atoms with Crippen molar-refractivity contribution < 1.29 is 0 Å². The van der Waals surface area contributed by atoms with Crippen LogP contribution in [0, 0.1) is 5.41 Å². The molecule has 0 aliphatic rings. The lowest BCUT2D eigenvalue weighted by molar-refractivity contribution is 0.339. The van der Waals surface area contributed by atoms with Crippen molar-refractivity contribution in [1.29, 1.82) is 0 Å². The summed E-state index contributed by atoms with van der Waals surface area (Å²) in [5.41, 5.74) is 8.49. The van der Waals surface area contributed by atoms with Crippen molar-refractivity contribution >= 4 is 0 Å². The van der Waals surface area contributed by atoms with Gasteiger partial charge in [-0.15, -0.1) is 0 Å². The van der Waals surface area contributed by atoms with Crippen molar-refractivity contribution in [2.75, 3.05) is 0 Å². The fraction of sp³-hybridized carbons (Fsp3) is 0.538. The molecular weight excluding hydrogens is 170 g/mol. The van der Waals surface area contributed by atoms with Crippen molar-refractivity contribution in [3.63, 3.8) is 0 Å². The van der Waals surface area contributed by atoms with Crippen LogP contribution in [-0.4, -0.2) is 0 Å². The third kappa shape index (κ3) is 2.58. The maximum absolute atomic E-state index is 5.56. The molecule has 1 rings (SSSR count). The van der Waals surface area contributed by atoms with Crippen molar-refractivity contribution in [1.82, 2.24) is 0 Å². The quantitative estimate of drug-likeness (QED) is 0.762. The zero-order valence-electron chi connectivity index (χ0n) is 9.67. The van der Waals surface area contributed by atoms with Gasteiger partial charge in [0.1, 0.15) is 0 Å². The van der Waals surface area contributed by atoms with Gasteiger partial charge in [0.2, 0.25) is 0 Å². The van der Waals surface area contributed by atoms with Gasteiger partial charge < -0.3 is 5.73 Å². The van der Waals surface area contributed by atoms with E-state index in [0.717, 1.165) is 0 Å². The van der Waals surface area contributed by atoms with Gasteiger partial charge in [0.05, 0.1) is 0 Å². The zero-order chi connectivity index (χ0) is 10.8. The molecule has 0 amide bonds. The monoisotopic (exact) mass is 191 g/mol. The molecule has 0 saturated heterocycles. The van der Waals surface area contributed by atoms with Crippen LogP contribution in [0.15, 0.2) is 24.3 Å². The molecular formula is C13H21N. The molecule has 1 nitrogen and oxygen atoms in total. The number of hydrogen-bond donors (Lipinski definition) is 1. The minimum absolute atomic E-state index is 0.324. The van der Waals surface area contributed by atoms with Gasteiger partial charge in [-0.2, -0.15) is 0 Å². The molecule has 0 aliphatic heterocycles. The first-order chi connectivity index (χ1) is 6.45. The molecule has 2 N–H and O–H groups in total. The van der Waals surface area contributed by atoms with Crippen LogP contribution >= 0.6 is 0 Å². The molecule has 1 heteroatoms. The Balaban J connectivity index is 2.87. The highest BCUT2D eigenvalue weighted by molar-refractivity contribution is 5.25. The van der Waals surface area contributed by atoms with Gasteiger partial charge >= 0.3 is 0 Å². The van der Waals surface area contributed by atoms with E-state index in [0.29, 0.717) is 17.9 Å². The van der Waals surface area contributed by atoms with Crippen molar-refractivity contribution in [2.45, 2.75) is 40.2 Å². The highest BCUT2D eigenvalue weighted by atomic mass is 14.5. The molecule has 0 bridgehead atoms. The van der Waals surface area contributed by atoms with E-state index in [2.05, 4.69) is 52.0 Å². The predicted octanol–water partition coefficient (Wildman–Crippen LogP) is 3.29. The minimum Gasteiger partial charge on any atom is -0.326 e. The molecule has 0 aromatic heterocycles. The van der Waals surface area contributed by atoms with Crippen LogP contribution in [0.2, 0.25) is 0 Å². The Morgan fingerprint density at radius 2 is 1.64 bits per heavy atom. The average molecular weight is 191 g/mol. The van der Waals surface area contributed by atoms with Crippen LogP contribution in [0.4, 0.5) is 0 Å². The summed E-state index contributed by atoms with van der Waals surface area (Å²) in [5, 5.41) is 0. The second kappa shape index (κ2) is 4.14. The summed E-state index contributed by atoms with van der Waals surface area (Å²) in [4.78, 5) is 0. The highest BCUT2D eigenvalue weighted by Crippen LogP contribution is 2.34. The summed E-state index contributed by atoms with van der Waals surface area (Å²) in [6.45, 7) is 9.72. The zero-order valence-corrected chi connectivity index (χ0v) is 9.67. The molecule has 0 aliphatic carbocycles. The van der Waals surface area contributed by atoms with Gasteiger partial charge in [0.15, 0.2) is 0 Å². The van der Waals surface area contributed by atoms with Crippen LogP contribution in [0.3, 0.4) is 0 Å². The van der Waals surface area contributed by atoms with Crippen LogP contribution < -0.4 is 5.73 Å². The SMILES string of the molecule is CC(c1ccc(CN)cc1)C(C)(C)C. The summed E-state index contributed by atoms with van der Waals surface area (Å²) in [5.74, 6) is 0.578. The first-order valence-corrected chi connectivity index (χ1v) is 5.24. The first-order valence-electron chi connectivity index (χ1n) is 5.24. The van der Waals surface area contributed by atoms with E-state index in [-0.39, 0.29) is 0 Å². The maximum Gasteiger partial charge on any atom is 0.0178 e. The Labute approximate surface area is 87.3 Å². The van der Waals surface area contributed by atoms with E-state index in [1.165, 1.54) is 11.1 Å². The van der Waals surface area contributed by atoms with Crippen molar-refractivity contribution in [2.24, 2.45) is 11.1 Å². The fourth-order valence-electron chi connectivity index (χ4n) is 1.44. The Bertz CT molecular complexity index is 279. The Hall–Kier alpha value is -0.820. The van der Waals surface area contributed by atoms with Gasteiger partial charge in [-0.05, 0) is 22.5 Å². The predicted molar refractivity (Wildman–Crippen MR) is 62.2 cm³/mol.